The lowest BCUT2D eigenvalue weighted by molar-refractivity contribution is 0.167. The summed E-state index contributed by atoms with van der Waals surface area (Å²) in [5.74, 6) is 0.791. The van der Waals surface area contributed by atoms with Crippen molar-refractivity contribution >= 4 is 18.0 Å². The highest BCUT2D eigenvalue weighted by atomic mass is 16.7. The number of carbonyl (C=O) groups is 1. The zero-order chi connectivity index (χ0) is 19.9. The first-order valence-electron chi connectivity index (χ1n) is 9.92. The Labute approximate surface area is 167 Å². The minimum absolute atomic E-state index is 0.616. The van der Waals surface area contributed by atoms with Crippen molar-refractivity contribution in [2.45, 2.75) is 51.9 Å². The maximum absolute atomic E-state index is 11.7. The molecule has 0 aliphatic carbocycles. The Morgan fingerprint density at radius 2 is 1.82 bits per heavy atom. The second-order valence-electron chi connectivity index (χ2n) is 6.52. The molecule has 2 aromatic rings. The van der Waals surface area contributed by atoms with E-state index in [-0.39, 0.29) is 0 Å². The molecule has 6 nitrogen and oxygen atoms in total. The van der Waals surface area contributed by atoms with E-state index >= 15 is 0 Å². The maximum Gasteiger partial charge on any atom is 0.437 e. The molecule has 0 saturated heterocycles. The lowest BCUT2D eigenvalue weighted by Gasteiger charge is -2.07. The van der Waals surface area contributed by atoms with Crippen LogP contribution in [0.3, 0.4) is 0 Å². The summed E-state index contributed by atoms with van der Waals surface area (Å²) in [5, 5.41) is 6.24. The largest absolute Gasteiger partial charge is 0.494 e. The monoisotopic (exact) mass is 383 g/mol. The molecule has 0 fully saturated rings. The van der Waals surface area contributed by atoms with Crippen molar-refractivity contribution in [2.24, 2.45) is 5.16 Å². The summed E-state index contributed by atoms with van der Waals surface area (Å²) >= 11 is 0. The van der Waals surface area contributed by atoms with Crippen LogP contribution in [-0.2, 0) is 4.84 Å². The van der Waals surface area contributed by atoms with Crippen molar-refractivity contribution in [1.82, 2.24) is 4.98 Å². The third kappa shape index (κ3) is 9.16. The summed E-state index contributed by atoms with van der Waals surface area (Å²) in [7, 11) is 0. The van der Waals surface area contributed by atoms with Crippen LogP contribution >= 0.6 is 0 Å². The highest BCUT2D eigenvalue weighted by molar-refractivity contribution is 5.85. The van der Waals surface area contributed by atoms with Crippen molar-refractivity contribution in [3.05, 3.63) is 54.4 Å². The van der Waals surface area contributed by atoms with Crippen LogP contribution in [0.5, 0.6) is 5.75 Å². The molecule has 28 heavy (non-hydrogen) atoms. The Bertz CT molecular complexity index is 703. The second kappa shape index (κ2) is 13.3. The lowest BCUT2D eigenvalue weighted by atomic mass is 10.1. The summed E-state index contributed by atoms with van der Waals surface area (Å²) in [6, 6.07) is 10.8. The number of oxime groups is 1. The SMILES string of the molecule is CCCCCCCCCOc1ccc(NC(=O)ON=Cc2cccnc2)cc1. The minimum Gasteiger partial charge on any atom is -0.494 e. The molecule has 6 heteroatoms. The van der Waals surface area contributed by atoms with Gasteiger partial charge in [-0.1, -0.05) is 56.7 Å². The number of carbonyl (C=O) groups excluding carboxylic acids is 1. The van der Waals surface area contributed by atoms with Crippen LogP contribution in [0.2, 0.25) is 0 Å². The fourth-order valence-electron chi connectivity index (χ4n) is 2.61. The van der Waals surface area contributed by atoms with Gasteiger partial charge in [-0.05, 0) is 36.8 Å². The molecule has 0 atom stereocenters. The van der Waals surface area contributed by atoms with E-state index in [1.165, 1.54) is 44.7 Å². The smallest absolute Gasteiger partial charge is 0.437 e. The first-order chi connectivity index (χ1) is 13.8. The molecule has 1 heterocycles. The van der Waals surface area contributed by atoms with E-state index in [0.717, 1.165) is 17.7 Å². The Morgan fingerprint density at radius 3 is 2.54 bits per heavy atom. The first kappa shape index (κ1) is 21.4. The Hall–Kier alpha value is -2.89. The first-order valence-corrected chi connectivity index (χ1v) is 9.92. The van der Waals surface area contributed by atoms with Crippen LogP contribution in [0, 0.1) is 0 Å². The van der Waals surface area contributed by atoms with Crippen molar-refractivity contribution in [1.29, 1.82) is 0 Å². The van der Waals surface area contributed by atoms with E-state index < -0.39 is 6.09 Å². The molecule has 1 amide bonds. The highest BCUT2D eigenvalue weighted by Crippen LogP contribution is 2.16. The number of rotatable bonds is 12. The molecule has 0 spiro atoms. The highest BCUT2D eigenvalue weighted by Gasteiger charge is 2.03. The third-order valence-corrected chi connectivity index (χ3v) is 4.14. The predicted molar refractivity (Wildman–Crippen MR) is 112 cm³/mol. The average Bonchev–Trinajstić information content (AvgIpc) is 2.72. The number of pyridine rings is 1. The summed E-state index contributed by atoms with van der Waals surface area (Å²) in [5.41, 5.74) is 1.36. The summed E-state index contributed by atoms with van der Waals surface area (Å²) in [6.45, 7) is 2.95. The second-order valence-corrected chi connectivity index (χ2v) is 6.52. The zero-order valence-electron chi connectivity index (χ0n) is 16.5. The number of amides is 1. The molecule has 0 aliphatic rings. The zero-order valence-corrected chi connectivity index (χ0v) is 16.5. The van der Waals surface area contributed by atoms with Crippen molar-refractivity contribution < 1.29 is 14.4 Å². The van der Waals surface area contributed by atoms with Crippen LogP contribution in [0.15, 0.2) is 53.9 Å². The summed E-state index contributed by atoms with van der Waals surface area (Å²) in [4.78, 5) is 20.4. The van der Waals surface area contributed by atoms with E-state index in [1.54, 1.807) is 30.6 Å². The number of nitrogens with zero attached hydrogens (tertiary/aromatic N) is 2. The van der Waals surface area contributed by atoms with Crippen LogP contribution < -0.4 is 10.1 Å². The topological polar surface area (TPSA) is 72.8 Å². The molecular weight excluding hydrogens is 354 g/mol. The van der Waals surface area contributed by atoms with E-state index in [0.29, 0.717) is 12.3 Å². The molecule has 1 N–H and O–H groups in total. The van der Waals surface area contributed by atoms with Crippen LogP contribution in [-0.4, -0.2) is 23.9 Å². The number of unbranched alkanes of at least 4 members (excludes halogenated alkanes) is 6. The number of anilines is 1. The molecule has 0 saturated carbocycles. The molecule has 1 aromatic heterocycles. The van der Waals surface area contributed by atoms with E-state index in [9.17, 15) is 4.79 Å². The Morgan fingerprint density at radius 1 is 1.07 bits per heavy atom. The fourth-order valence-corrected chi connectivity index (χ4v) is 2.61. The van der Waals surface area contributed by atoms with Crippen LogP contribution in [0.25, 0.3) is 0 Å². The molecule has 2 rings (SSSR count). The number of aromatic nitrogens is 1. The molecule has 0 unspecified atom stereocenters. The van der Waals surface area contributed by atoms with Gasteiger partial charge in [0.05, 0.1) is 12.8 Å². The molecule has 150 valence electrons. The van der Waals surface area contributed by atoms with Gasteiger partial charge in [-0.3, -0.25) is 15.1 Å². The van der Waals surface area contributed by atoms with Gasteiger partial charge >= 0.3 is 6.09 Å². The van der Waals surface area contributed by atoms with Crippen molar-refractivity contribution in [3.63, 3.8) is 0 Å². The summed E-state index contributed by atoms with van der Waals surface area (Å²) in [6.07, 6.45) is 12.9. The van der Waals surface area contributed by atoms with Gasteiger partial charge in [-0.2, -0.15) is 0 Å². The fraction of sp³-hybridized carbons (Fsp3) is 0.409. The molecule has 0 aliphatic heterocycles. The summed E-state index contributed by atoms with van der Waals surface area (Å²) < 4.78 is 5.73. The maximum atomic E-state index is 11.7. The van der Waals surface area contributed by atoms with Gasteiger partial charge in [-0.25, -0.2) is 4.79 Å². The van der Waals surface area contributed by atoms with Gasteiger partial charge in [0.1, 0.15) is 5.75 Å². The van der Waals surface area contributed by atoms with Crippen molar-refractivity contribution in [2.75, 3.05) is 11.9 Å². The number of ether oxygens (including phenoxy) is 1. The average molecular weight is 383 g/mol. The van der Waals surface area contributed by atoms with Crippen LogP contribution in [0.4, 0.5) is 10.5 Å². The number of benzene rings is 1. The van der Waals surface area contributed by atoms with Gasteiger partial charge in [0, 0.05) is 23.6 Å². The predicted octanol–water partition coefficient (Wildman–Crippen LogP) is 5.79. The van der Waals surface area contributed by atoms with Crippen LogP contribution in [0.1, 0.15) is 57.4 Å². The Kier molecular flexibility index (Phi) is 10.2. The lowest BCUT2D eigenvalue weighted by Crippen LogP contribution is -2.10. The van der Waals surface area contributed by atoms with Crippen molar-refractivity contribution in [3.8, 4) is 5.75 Å². The number of hydrogen-bond donors (Lipinski definition) is 1. The molecule has 0 bridgehead atoms. The quantitative estimate of drug-likeness (QED) is 0.218. The van der Waals surface area contributed by atoms with E-state index in [4.69, 9.17) is 9.57 Å². The Balaban J connectivity index is 1.61. The van der Waals surface area contributed by atoms with Gasteiger partial charge in [-0.15, -0.1) is 0 Å². The van der Waals surface area contributed by atoms with Gasteiger partial charge in [0.2, 0.25) is 0 Å². The number of hydrogen-bond acceptors (Lipinski definition) is 5. The van der Waals surface area contributed by atoms with Gasteiger partial charge in [0.25, 0.3) is 0 Å². The molecule has 0 radical (unpaired) electrons. The molecule has 1 aromatic carbocycles. The van der Waals surface area contributed by atoms with Gasteiger partial charge in [0.15, 0.2) is 0 Å². The normalized spacial score (nSPS) is 10.8. The van der Waals surface area contributed by atoms with Gasteiger partial charge < -0.3 is 4.74 Å². The molecular formula is C22H29N3O3. The van der Waals surface area contributed by atoms with E-state index in [2.05, 4.69) is 22.4 Å². The minimum atomic E-state index is -0.656. The number of nitrogens with one attached hydrogen (secondary N) is 1. The third-order valence-electron chi connectivity index (χ3n) is 4.14. The standard InChI is InChI=1S/C22H29N3O3/c1-2-3-4-5-6-7-8-16-27-21-13-11-20(12-14-21)25-22(26)28-24-18-19-10-9-15-23-17-19/h9-15,17-18H,2-8,16H2,1H3,(H,25,26). The van der Waals surface area contributed by atoms with E-state index in [1.807, 2.05) is 18.2 Å².